The minimum absolute atomic E-state index is 0.0143. The molecule has 0 bridgehead atoms. The van der Waals surface area contributed by atoms with Crippen LogP contribution in [0.15, 0.2) is 53.4 Å². The highest BCUT2D eigenvalue weighted by Crippen LogP contribution is 2.16. The number of carbonyl (C=O) groups excluding carboxylic acids is 1. The SMILES string of the molecule is CC(NC(=O)Nc1ccc(C#N)cc1)c1ccc(S(N)(=O)=O)cc1. The zero-order valence-electron chi connectivity index (χ0n) is 12.9. The number of amides is 2. The van der Waals surface area contributed by atoms with Crippen molar-refractivity contribution in [3.8, 4) is 6.07 Å². The van der Waals surface area contributed by atoms with Gasteiger partial charge in [-0.1, -0.05) is 12.1 Å². The van der Waals surface area contributed by atoms with Gasteiger partial charge in [-0.3, -0.25) is 0 Å². The summed E-state index contributed by atoms with van der Waals surface area (Å²) in [5.41, 5.74) is 1.80. The maximum absolute atomic E-state index is 12.0. The lowest BCUT2D eigenvalue weighted by Gasteiger charge is -2.15. The highest BCUT2D eigenvalue weighted by Gasteiger charge is 2.12. The Balaban J connectivity index is 1.99. The number of hydrogen-bond donors (Lipinski definition) is 3. The van der Waals surface area contributed by atoms with Crippen molar-refractivity contribution in [2.45, 2.75) is 17.9 Å². The molecule has 2 amide bonds. The van der Waals surface area contributed by atoms with E-state index in [1.54, 1.807) is 43.3 Å². The number of primary sulfonamides is 1. The average Bonchev–Trinajstić information content (AvgIpc) is 2.54. The van der Waals surface area contributed by atoms with Crippen LogP contribution >= 0.6 is 0 Å². The molecular weight excluding hydrogens is 328 g/mol. The fourth-order valence-electron chi connectivity index (χ4n) is 2.02. The van der Waals surface area contributed by atoms with Gasteiger partial charge in [0.25, 0.3) is 0 Å². The number of urea groups is 1. The summed E-state index contributed by atoms with van der Waals surface area (Å²) >= 11 is 0. The van der Waals surface area contributed by atoms with Crippen LogP contribution in [0.4, 0.5) is 10.5 Å². The Morgan fingerprint density at radius 2 is 1.71 bits per heavy atom. The summed E-state index contributed by atoms with van der Waals surface area (Å²) < 4.78 is 22.4. The molecule has 0 aliphatic rings. The summed E-state index contributed by atoms with van der Waals surface area (Å²) in [5, 5.41) is 19.2. The fraction of sp³-hybridized carbons (Fsp3) is 0.125. The van der Waals surface area contributed by atoms with Crippen LogP contribution in [0.3, 0.4) is 0 Å². The molecule has 2 rings (SSSR count). The third-order valence-electron chi connectivity index (χ3n) is 3.33. The molecule has 4 N–H and O–H groups in total. The molecule has 0 fully saturated rings. The number of nitrogens with one attached hydrogen (secondary N) is 2. The molecule has 0 saturated heterocycles. The zero-order chi connectivity index (χ0) is 17.7. The first-order chi connectivity index (χ1) is 11.3. The minimum Gasteiger partial charge on any atom is -0.331 e. The number of hydrogen-bond acceptors (Lipinski definition) is 4. The van der Waals surface area contributed by atoms with E-state index in [9.17, 15) is 13.2 Å². The Labute approximate surface area is 140 Å². The number of carbonyl (C=O) groups is 1. The summed E-state index contributed by atoms with van der Waals surface area (Å²) in [5.74, 6) is 0. The third-order valence-corrected chi connectivity index (χ3v) is 4.26. The second-order valence-corrected chi connectivity index (χ2v) is 6.68. The molecule has 124 valence electrons. The molecule has 2 aromatic carbocycles. The van der Waals surface area contributed by atoms with Crippen molar-refractivity contribution in [2.75, 3.05) is 5.32 Å². The summed E-state index contributed by atoms with van der Waals surface area (Å²) in [4.78, 5) is 12.0. The molecule has 1 atom stereocenters. The number of nitrogens with two attached hydrogens (primary N) is 1. The van der Waals surface area contributed by atoms with E-state index >= 15 is 0 Å². The van der Waals surface area contributed by atoms with Crippen molar-refractivity contribution in [1.82, 2.24) is 5.32 Å². The van der Waals surface area contributed by atoms with E-state index in [0.29, 0.717) is 11.3 Å². The minimum atomic E-state index is -3.74. The predicted molar refractivity (Wildman–Crippen MR) is 89.5 cm³/mol. The van der Waals surface area contributed by atoms with E-state index in [4.69, 9.17) is 10.4 Å². The Morgan fingerprint density at radius 3 is 2.21 bits per heavy atom. The van der Waals surface area contributed by atoms with E-state index in [1.807, 2.05) is 6.07 Å². The van der Waals surface area contributed by atoms with Crippen LogP contribution in [0.5, 0.6) is 0 Å². The Bertz CT molecular complexity index is 869. The van der Waals surface area contributed by atoms with Crippen LogP contribution in [-0.2, 0) is 10.0 Å². The molecule has 0 radical (unpaired) electrons. The maximum Gasteiger partial charge on any atom is 0.319 e. The van der Waals surface area contributed by atoms with Gasteiger partial charge in [0, 0.05) is 5.69 Å². The van der Waals surface area contributed by atoms with Crippen LogP contribution in [0, 0.1) is 11.3 Å². The van der Waals surface area contributed by atoms with Gasteiger partial charge in [-0.2, -0.15) is 5.26 Å². The molecule has 0 spiro atoms. The van der Waals surface area contributed by atoms with Gasteiger partial charge >= 0.3 is 6.03 Å². The van der Waals surface area contributed by atoms with E-state index in [2.05, 4.69) is 10.6 Å². The summed E-state index contributed by atoms with van der Waals surface area (Å²) in [6.07, 6.45) is 0. The van der Waals surface area contributed by atoms with Crippen LogP contribution in [0.2, 0.25) is 0 Å². The monoisotopic (exact) mass is 344 g/mol. The van der Waals surface area contributed by atoms with E-state index in [0.717, 1.165) is 5.56 Å². The number of benzene rings is 2. The van der Waals surface area contributed by atoms with Crippen molar-refractivity contribution in [3.63, 3.8) is 0 Å². The van der Waals surface area contributed by atoms with Crippen molar-refractivity contribution in [3.05, 3.63) is 59.7 Å². The Kier molecular flexibility index (Phi) is 5.18. The topological polar surface area (TPSA) is 125 Å². The number of nitrogens with zero attached hydrogens (tertiary/aromatic N) is 1. The number of sulfonamides is 1. The molecule has 1 unspecified atom stereocenters. The standard InChI is InChI=1S/C16H16N4O3S/c1-11(13-4-8-15(9-5-13)24(18,22)23)19-16(21)20-14-6-2-12(10-17)3-7-14/h2-9,11H,1H3,(H2,18,22,23)(H2,19,20,21). The van der Waals surface area contributed by atoms with Crippen molar-refractivity contribution >= 4 is 21.7 Å². The van der Waals surface area contributed by atoms with Crippen LogP contribution in [-0.4, -0.2) is 14.4 Å². The first-order valence-corrected chi connectivity index (χ1v) is 8.54. The van der Waals surface area contributed by atoms with Gasteiger partial charge in [0.05, 0.1) is 22.6 Å². The predicted octanol–water partition coefficient (Wildman–Crippen LogP) is 2.09. The highest BCUT2D eigenvalue weighted by atomic mass is 32.2. The number of nitriles is 1. The highest BCUT2D eigenvalue weighted by molar-refractivity contribution is 7.89. The molecule has 2 aromatic rings. The Hall–Kier alpha value is -2.89. The van der Waals surface area contributed by atoms with Gasteiger partial charge in [-0.15, -0.1) is 0 Å². The molecule has 0 aliphatic heterocycles. The van der Waals surface area contributed by atoms with E-state index in [-0.39, 0.29) is 10.9 Å². The second-order valence-electron chi connectivity index (χ2n) is 5.12. The lowest BCUT2D eigenvalue weighted by atomic mass is 10.1. The fourth-order valence-corrected chi connectivity index (χ4v) is 2.54. The van der Waals surface area contributed by atoms with Gasteiger partial charge in [0.2, 0.25) is 10.0 Å². The van der Waals surface area contributed by atoms with Crippen LogP contribution < -0.4 is 15.8 Å². The van der Waals surface area contributed by atoms with Crippen molar-refractivity contribution in [1.29, 1.82) is 5.26 Å². The van der Waals surface area contributed by atoms with Crippen LogP contribution in [0.25, 0.3) is 0 Å². The first-order valence-electron chi connectivity index (χ1n) is 7.00. The van der Waals surface area contributed by atoms with E-state index in [1.165, 1.54) is 12.1 Å². The maximum atomic E-state index is 12.0. The van der Waals surface area contributed by atoms with Gasteiger partial charge in [0.1, 0.15) is 0 Å². The van der Waals surface area contributed by atoms with Gasteiger partial charge in [-0.05, 0) is 48.9 Å². The summed E-state index contributed by atoms with van der Waals surface area (Å²) in [7, 11) is -3.74. The molecule has 0 heterocycles. The number of anilines is 1. The molecular formula is C16H16N4O3S. The van der Waals surface area contributed by atoms with Gasteiger partial charge < -0.3 is 10.6 Å². The molecule has 0 saturated carbocycles. The number of rotatable bonds is 4. The Morgan fingerprint density at radius 1 is 1.12 bits per heavy atom. The summed E-state index contributed by atoms with van der Waals surface area (Å²) in [6, 6.07) is 13.7. The quantitative estimate of drug-likeness (QED) is 0.785. The van der Waals surface area contributed by atoms with Crippen LogP contribution in [0.1, 0.15) is 24.1 Å². The zero-order valence-corrected chi connectivity index (χ0v) is 13.7. The first kappa shape index (κ1) is 17.5. The molecule has 0 aliphatic carbocycles. The normalized spacial score (nSPS) is 12.0. The lowest BCUT2D eigenvalue weighted by molar-refractivity contribution is 0.249. The molecule has 7 nitrogen and oxygen atoms in total. The average molecular weight is 344 g/mol. The van der Waals surface area contributed by atoms with E-state index < -0.39 is 16.1 Å². The van der Waals surface area contributed by atoms with Crippen molar-refractivity contribution in [2.24, 2.45) is 5.14 Å². The van der Waals surface area contributed by atoms with Crippen molar-refractivity contribution < 1.29 is 13.2 Å². The smallest absolute Gasteiger partial charge is 0.319 e. The third kappa shape index (κ3) is 4.55. The lowest BCUT2D eigenvalue weighted by Crippen LogP contribution is -2.31. The molecule has 8 heteroatoms. The van der Waals surface area contributed by atoms with Gasteiger partial charge in [-0.25, -0.2) is 18.4 Å². The largest absolute Gasteiger partial charge is 0.331 e. The molecule has 24 heavy (non-hydrogen) atoms. The summed E-state index contributed by atoms with van der Waals surface area (Å²) in [6.45, 7) is 1.77. The van der Waals surface area contributed by atoms with Gasteiger partial charge in [0.15, 0.2) is 0 Å². The second kappa shape index (κ2) is 7.12. The molecule has 0 aromatic heterocycles.